The molecule has 11 heteroatoms. The molecule has 4 aromatic rings. The second kappa shape index (κ2) is 8.48. The summed E-state index contributed by atoms with van der Waals surface area (Å²) in [5.41, 5.74) is -0.0177. The van der Waals surface area contributed by atoms with Crippen molar-refractivity contribution < 1.29 is 21.9 Å². The Labute approximate surface area is 176 Å². The van der Waals surface area contributed by atoms with Crippen LogP contribution in [0, 0.1) is 11.6 Å². The van der Waals surface area contributed by atoms with Gasteiger partial charge in [-0.1, -0.05) is 0 Å². The summed E-state index contributed by atoms with van der Waals surface area (Å²) in [6.07, 6.45) is 6.27. The van der Waals surface area contributed by atoms with Crippen molar-refractivity contribution in [3.05, 3.63) is 90.8 Å². The smallest absolute Gasteiger partial charge is 0.237 e. The van der Waals surface area contributed by atoms with E-state index in [4.69, 9.17) is 4.74 Å². The van der Waals surface area contributed by atoms with Crippen LogP contribution in [-0.4, -0.2) is 27.9 Å². The van der Waals surface area contributed by atoms with Gasteiger partial charge in [-0.3, -0.25) is 9.29 Å². The minimum absolute atomic E-state index is 0.242. The predicted molar refractivity (Wildman–Crippen MR) is 108 cm³/mol. The van der Waals surface area contributed by atoms with E-state index in [1.54, 1.807) is 41.5 Å². The third-order valence-corrected chi connectivity index (χ3v) is 5.34. The lowest BCUT2D eigenvalue weighted by Gasteiger charge is -2.10. The molecule has 0 aliphatic rings. The van der Waals surface area contributed by atoms with E-state index < -0.39 is 27.4 Å². The van der Waals surface area contributed by atoms with Gasteiger partial charge in [0.15, 0.2) is 0 Å². The number of sulfonamides is 1. The molecule has 2 aromatic heterocycles. The molecular weight excluding hydrogens is 428 g/mol. The maximum Gasteiger partial charge on any atom is 0.237 e. The average Bonchev–Trinajstić information content (AvgIpc) is 3.27. The van der Waals surface area contributed by atoms with Gasteiger partial charge in [0.1, 0.15) is 35.9 Å². The van der Waals surface area contributed by atoms with Gasteiger partial charge in [0.25, 0.3) is 0 Å². The lowest BCUT2D eigenvalue weighted by atomic mass is 10.2. The summed E-state index contributed by atoms with van der Waals surface area (Å²) in [5.74, 6) is -0.948. The molecule has 0 aliphatic carbocycles. The minimum atomic E-state index is -3.96. The van der Waals surface area contributed by atoms with Crippen LogP contribution in [0.4, 0.5) is 14.5 Å². The van der Waals surface area contributed by atoms with Crippen LogP contribution in [0.2, 0.25) is 0 Å². The summed E-state index contributed by atoms with van der Waals surface area (Å²) in [6.45, 7) is 0. The molecule has 0 saturated carbocycles. The number of ether oxygens (including phenoxy) is 1. The molecule has 0 atom stereocenters. The van der Waals surface area contributed by atoms with Crippen LogP contribution in [0.15, 0.2) is 73.6 Å². The normalized spacial score (nSPS) is 11.3. The fourth-order valence-corrected chi connectivity index (χ4v) is 3.91. The van der Waals surface area contributed by atoms with Crippen molar-refractivity contribution in [2.75, 3.05) is 4.72 Å². The maximum atomic E-state index is 13.7. The molecular formula is C20H15F2N5O3S. The van der Waals surface area contributed by atoms with Gasteiger partial charge >= 0.3 is 0 Å². The lowest BCUT2D eigenvalue weighted by molar-refractivity contribution is 0.461. The summed E-state index contributed by atoms with van der Waals surface area (Å²) in [5, 5.41) is 0. The Morgan fingerprint density at radius 3 is 2.58 bits per heavy atom. The zero-order valence-corrected chi connectivity index (χ0v) is 16.6. The Morgan fingerprint density at radius 2 is 1.84 bits per heavy atom. The molecule has 0 saturated heterocycles. The molecule has 0 fully saturated rings. The van der Waals surface area contributed by atoms with E-state index in [0.717, 1.165) is 18.2 Å². The second-order valence-corrected chi connectivity index (χ2v) is 8.13. The van der Waals surface area contributed by atoms with Crippen LogP contribution in [0.25, 0.3) is 5.82 Å². The van der Waals surface area contributed by atoms with E-state index in [1.165, 1.54) is 18.5 Å². The van der Waals surface area contributed by atoms with Gasteiger partial charge < -0.3 is 4.74 Å². The van der Waals surface area contributed by atoms with Crippen molar-refractivity contribution in [2.45, 2.75) is 5.75 Å². The molecule has 0 aliphatic heterocycles. The van der Waals surface area contributed by atoms with Gasteiger partial charge in [-0.25, -0.2) is 32.2 Å². The fourth-order valence-electron chi connectivity index (χ4n) is 2.71. The molecule has 2 aromatic carbocycles. The van der Waals surface area contributed by atoms with E-state index in [0.29, 0.717) is 11.6 Å². The Morgan fingerprint density at radius 1 is 1.03 bits per heavy atom. The molecule has 0 radical (unpaired) electrons. The number of nitrogens with one attached hydrogen (secondary N) is 1. The quantitative estimate of drug-likeness (QED) is 0.468. The Hall–Kier alpha value is -3.86. The van der Waals surface area contributed by atoms with E-state index in [1.807, 2.05) is 0 Å². The third kappa shape index (κ3) is 5.20. The number of imidazole rings is 1. The van der Waals surface area contributed by atoms with Crippen LogP contribution in [-0.2, 0) is 15.8 Å². The standard InChI is InChI=1S/C20H15F2N5O3S/c21-15-1-6-18(22)14(9-15)11-31(28,29)26-16-2-4-17(5-3-16)30-20-10-19(24-12-25-20)27-8-7-23-13-27/h1-10,12-13,26H,11H2. The largest absolute Gasteiger partial charge is 0.439 e. The first-order valence-electron chi connectivity index (χ1n) is 8.91. The summed E-state index contributed by atoms with van der Waals surface area (Å²) >= 11 is 0. The number of anilines is 1. The van der Waals surface area contributed by atoms with E-state index in [2.05, 4.69) is 19.7 Å². The molecule has 8 nitrogen and oxygen atoms in total. The third-order valence-electron chi connectivity index (χ3n) is 4.10. The van der Waals surface area contributed by atoms with Gasteiger partial charge in [0, 0.05) is 29.7 Å². The minimum Gasteiger partial charge on any atom is -0.439 e. The number of halogens is 2. The van der Waals surface area contributed by atoms with Gasteiger partial charge in [-0.2, -0.15) is 0 Å². The molecule has 0 amide bonds. The van der Waals surface area contributed by atoms with Crippen LogP contribution >= 0.6 is 0 Å². The van der Waals surface area contributed by atoms with Crippen molar-refractivity contribution in [1.82, 2.24) is 19.5 Å². The SMILES string of the molecule is O=S(=O)(Cc1cc(F)ccc1F)Nc1ccc(Oc2cc(-n3ccnc3)ncn2)cc1. The number of rotatable bonds is 7. The molecule has 4 rings (SSSR count). The van der Waals surface area contributed by atoms with Crippen molar-refractivity contribution in [2.24, 2.45) is 0 Å². The Kier molecular flexibility index (Phi) is 5.58. The van der Waals surface area contributed by atoms with Crippen molar-refractivity contribution >= 4 is 15.7 Å². The number of aromatic nitrogens is 4. The summed E-state index contributed by atoms with van der Waals surface area (Å²) in [7, 11) is -3.96. The first-order chi connectivity index (χ1) is 14.9. The van der Waals surface area contributed by atoms with Crippen LogP contribution in [0.5, 0.6) is 11.6 Å². The van der Waals surface area contributed by atoms with Crippen molar-refractivity contribution in [1.29, 1.82) is 0 Å². The Balaban J connectivity index is 1.43. The molecule has 1 N–H and O–H groups in total. The predicted octanol–water partition coefficient (Wildman–Crippen LogP) is 3.67. The van der Waals surface area contributed by atoms with E-state index >= 15 is 0 Å². The number of hydrogen-bond donors (Lipinski definition) is 1. The van der Waals surface area contributed by atoms with Crippen molar-refractivity contribution in [3.63, 3.8) is 0 Å². The zero-order valence-electron chi connectivity index (χ0n) is 15.8. The van der Waals surface area contributed by atoms with E-state index in [-0.39, 0.29) is 17.1 Å². The number of hydrogen-bond acceptors (Lipinski definition) is 6. The van der Waals surface area contributed by atoms with Gasteiger partial charge in [0.2, 0.25) is 15.9 Å². The maximum absolute atomic E-state index is 13.7. The highest BCUT2D eigenvalue weighted by molar-refractivity contribution is 7.91. The second-order valence-electron chi connectivity index (χ2n) is 6.41. The van der Waals surface area contributed by atoms with Crippen LogP contribution < -0.4 is 9.46 Å². The first kappa shape index (κ1) is 20.4. The summed E-state index contributed by atoms with van der Waals surface area (Å²) < 4.78 is 61.3. The summed E-state index contributed by atoms with van der Waals surface area (Å²) in [4.78, 5) is 12.1. The fraction of sp³-hybridized carbons (Fsp3) is 0.0500. The van der Waals surface area contributed by atoms with Gasteiger partial charge in [0.05, 0.1) is 5.75 Å². The van der Waals surface area contributed by atoms with Crippen LogP contribution in [0.1, 0.15) is 5.56 Å². The average molecular weight is 443 g/mol. The highest BCUT2D eigenvalue weighted by Gasteiger charge is 2.16. The topological polar surface area (TPSA) is 99.0 Å². The number of benzene rings is 2. The molecule has 0 unspecified atom stereocenters. The van der Waals surface area contributed by atoms with Gasteiger partial charge in [-0.05, 0) is 42.5 Å². The first-order valence-corrected chi connectivity index (χ1v) is 10.6. The molecule has 2 heterocycles. The highest BCUT2D eigenvalue weighted by atomic mass is 32.2. The zero-order chi connectivity index (χ0) is 21.8. The monoisotopic (exact) mass is 443 g/mol. The van der Waals surface area contributed by atoms with E-state index in [9.17, 15) is 17.2 Å². The van der Waals surface area contributed by atoms with Gasteiger partial charge in [-0.15, -0.1) is 0 Å². The molecule has 31 heavy (non-hydrogen) atoms. The Bertz CT molecular complexity index is 1300. The lowest BCUT2D eigenvalue weighted by Crippen LogP contribution is -2.16. The number of nitrogens with zero attached hydrogens (tertiary/aromatic N) is 4. The summed E-state index contributed by atoms with van der Waals surface area (Å²) in [6, 6.07) is 10.3. The molecule has 0 spiro atoms. The van der Waals surface area contributed by atoms with Crippen molar-refractivity contribution in [3.8, 4) is 17.4 Å². The van der Waals surface area contributed by atoms with Crippen LogP contribution in [0.3, 0.4) is 0 Å². The molecule has 0 bridgehead atoms. The molecule has 158 valence electrons. The highest BCUT2D eigenvalue weighted by Crippen LogP contribution is 2.23.